The Balaban J connectivity index is 1.27. The van der Waals surface area contributed by atoms with Gasteiger partial charge in [-0.2, -0.15) is 0 Å². The highest BCUT2D eigenvalue weighted by atomic mass is 19.1. The van der Waals surface area contributed by atoms with Crippen molar-refractivity contribution in [2.75, 3.05) is 45.1 Å². The van der Waals surface area contributed by atoms with E-state index in [9.17, 15) is 9.18 Å². The molecule has 8 nitrogen and oxygen atoms in total. The molecule has 0 amide bonds. The van der Waals surface area contributed by atoms with Gasteiger partial charge in [0.2, 0.25) is 5.95 Å². The van der Waals surface area contributed by atoms with E-state index in [0.717, 1.165) is 42.8 Å². The fraction of sp³-hybridized carbons (Fsp3) is 0.367. The summed E-state index contributed by atoms with van der Waals surface area (Å²) in [5, 5.41) is 3.14. The number of Topliss-reactive ketones (excluding diaryl/α,β-unsaturated/α-hetero) is 1. The third-order valence-corrected chi connectivity index (χ3v) is 7.15. The third kappa shape index (κ3) is 6.43. The van der Waals surface area contributed by atoms with Gasteiger partial charge >= 0.3 is 0 Å². The molecule has 0 atom stereocenters. The van der Waals surface area contributed by atoms with Gasteiger partial charge in [-0.05, 0) is 48.9 Å². The van der Waals surface area contributed by atoms with Crippen molar-refractivity contribution in [3.05, 3.63) is 71.8 Å². The summed E-state index contributed by atoms with van der Waals surface area (Å²) in [5.74, 6) is 1.86. The maximum Gasteiger partial charge on any atom is 0.208 e. The molecule has 2 aromatic heterocycles. The largest absolute Gasteiger partial charge is 0.457 e. The number of rotatable bonds is 9. The number of hydrogen-bond acceptors (Lipinski definition) is 7. The fourth-order valence-electron chi connectivity index (χ4n) is 4.74. The number of halogens is 1. The second kappa shape index (κ2) is 11.5. The molecule has 0 saturated carbocycles. The number of ether oxygens (including phenoxy) is 1. The van der Waals surface area contributed by atoms with Crippen LogP contribution < -0.4 is 10.1 Å². The van der Waals surface area contributed by atoms with Crippen LogP contribution in [0.2, 0.25) is 0 Å². The van der Waals surface area contributed by atoms with Crippen molar-refractivity contribution in [2.24, 2.45) is 7.05 Å². The molecule has 9 heteroatoms. The van der Waals surface area contributed by atoms with Crippen LogP contribution in [0.3, 0.4) is 0 Å². The molecule has 1 N–H and O–H groups in total. The van der Waals surface area contributed by atoms with Gasteiger partial charge in [-0.25, -0.2) is 9.37 Å². The fourth-order valence-corrected chi connectivity index (χ4v) is 4.74. The van der Waals surface area contributed by atoms with Gasteiger partial charge in [-0.1, -0.05) is 19.9 Å². The molecule has 3 heterocycles. The number of pyridine rings is 1. The molecule has 39 heavy (non-hydrogen) atoms. The highest BCUT2D eigenvalue weighted by molar-refractivity contribution is 5.83. The van der Waals surface area contributed by atoms with Crippen LogP contribution in [-0.4, -0.2) is 69.9 Å². The summed E-state index contributed by atoms with van der Waals surface area (Å²) >= 11 is 0. The number of piperazine rings is 1. The normalized spacial score (nSPS) is 14.7. The molecule has 4 aromatic rings. The average Bonchev–Trinajstić information content (AvgIpc) is 3.21. The molecular formula is C30H35FN6O2. The van der Waals surface area contributed by atoms with E-state index >= 15 is 0 Å². The smallest absolute Gasteiger partial charge is 0.208 e. The summed E-state index contributed by atoms with van der Waals surface area (Å²) in [7, 11) is 3.99. The summed E-state index contributed by atoms with van der Waals surface area (Å²) in [6, 6.07) is 14.3. The molecule has 1 fully saturated rings. The van der Waals surface area contributed by atoms with Crippen LogP contribution in [-0.2, 0) is 18.3 Å². The monoisotopic (exact) mass is 530 g/mol. The standard InChI is InChI=1S/C30H35FN6O2/c1-20(2)21-5-7-26(31)27(15-21)33-30-34-28-18-24(6-8-29(28)36(30)4)39-25-9-10-32-22(17-25)16-23(38)19-37-13-11-35(3)12-14-37/h5-10,15,17-18,20H,11-14,16,19H2,1-4H3,(H,33,34). The van der Waals surface area contributed by atoms with Crippen molar-refractivity contribution < 1.29 is 13.9 Å². The van der Waals surface area contributed by atoms with E-state index in [1.807, 2.05) is 41.9 Å². The van der Waals surface area contributed by atoms with E-state index in [-0.39, 0.29) is 23.9 Å². The SMILES string of the molecule is CC(C)c1ccc(F)c(Nc2nc3cc(Oc4ccnc(CC(=O)CN5CCN(C)CC5)c4)ccc3n2C)c1. The van der Waals surface area contributed by atoms with Crippen molar-refractivity contribution in [1.29, 1.82) is 0 Å². The number of fused-ring (bicyclic) bond motifs is 1. The van der Waals surface area contributed by atoms with Gasteiger partial charge in [0, 0.05) is 51.6 Å². The molecule has 1 aliphatic heterocycles. The van der Waals surface area contributed by atoms with Crippen molar-refractivity contribution in [2.45, 2.75) is 26.2 Å². The Bertz CT molecular complexity index is 1480. The number of benzene rings is 2. The van der Waals surface area contributed by atoms with Crippen molar-refractivity contribution in [3.63, 3.8) is 0 Å². The maximum atomic E-state index is 14.5. The minimum absolute atomic E-state index is 0.148. The molecular weight excluding hydrogens is 495 g/mol. The molecule has 0 unspecified atom stereocenters. The van der Waals surface area contributed by atoms with Gasteiger partial charge in [-0.15, -0.1) is 0 Å². The Kier molecular flexibility index (Phi) is 7.90. The highest BCUT2D eigenvalue weighted by Crippen LogP contribution is 2.30. The molecule has 5 rings (SSSR count). The van der Waals surface area contributed by atoms with Gasteiger partial charge in [0.05, 0.1) is 35.4 Å². The number of aromatic nitrogens is 3. The van der Waals surface area contributed by atoms with Crippen LogP contribution in [0.5, 0.6) is 11.5 Å². The zero-order valence-corrected chi connectivity index (χ0v) is 22.9. The third-order valence-electron chi connectivity index (χ3n) is 7.15. The number of nitrogens with zero attached hydrogens (tertiary/aromatic N) is 5. The van der Waals surface area contributed by atoms with Gasteiger partial charge in [0.25, 0.3) is 0 Å². The Morgan fingerprint density at radius 3 is 2.56 bits per heavy atom. The topological polar surface area (TPSA) is 75.5 Å². The number of nitrogens with one attached hydrogen (secondary N) is 1. The first-order valence-electron chi connectivity index (χ1n) is 13.3. The molecule has 1 saturated heterocycles. The van der Waals surface area contributed by atoms with Gasteiger partial charge in [0.15, 0.2) is 5.78 Å². The molecule has 0 aliphatic carbocycles. The highest BCUT2D eigenvalue weighted by Gasteiger charge is 2.17. The van der Waals surface area contributed by atoms with Crippen LogP contribution in [0.15, 0.2) is 54.7 Å². The minimum Gasteiger partial charge on any atom is -0.457 e. The second-order valence-corrected chi connectivity index (χ2v) is 10.5. The van der Waals surface area contributed by atoms with E-state index in [1.165, 1.54) is 6.07 Å². The number of aryl methyl sites for hydroxylation is 1. The summed E-state index contributed by atoms with van der Waals surface area (Å²) in [6.45, 7) is 8.37. The Morgan fingerprint density at radius 2 is 1.79 bits per heavy atom. The zero-order chi connectivity index (χ0) is 27.5. The zero-order valence-electron chi connectivity index (χ0n) is 22.9. The molecule has 0 radical (unpaired) electrons. The van der Waals surface area contributed by atoms with E-state index in [4.69, 9.17) is 4.74 Å². The van der Waals surface area contributed by atoms with Gasteiger partial charge in [-0.3, -0.25) is 14.7 Å². The van der Waals surface area contributed by atoms with E-state index in [0.29, 0.717) is 35.4 Å². The number of ketones is 1. The lowest BCUT2D eigenvalue weighted by molar-refractivity contribution is -0.120. The summed E-state index contributed by atoms with van der Waals surface area (Å²) in [6.07, 6.45) is 1.93. The van der Waals surface area contributed by atoms with E-state index < -0.39 is 0 Å². The lowest BCUT2D eigenvalue weighted by Gasteiger charge is -2.31. The van der Waals surface area contributed by atoms with Crippen molar-refractivity contribution in [1.82, 2.24) is 24.3 Å². The Labute approximate surface area is 228 Å². The predicted molar refractivity (Wildman–Crippen MR) is 151 cm³/mol. The second-order valence-electron chi connectivity index (χ2n) is 10.5. The first kappa shape index (κ1) is 26.8. The molecule has 204 valence electrons. The lowest BCUT2D eigenvalue weighted by Crippen LogP contribution is -2.46. The number of hydrogen-bond donors (Lipinski definition) is 1. The Morgan fingerprint density at radius 1 is 1.03 bits per heavy atom. The molecule has 2 aromatic carbocycles. The first-order chi connectivity index (χ1) is 18.7. The molecule has 1 aliphatic rings. The summed E-state index contributed by atoms with van der Waals surface area (Å²) in [4.78, 5) is 26.2. The molecule has 0 spiro atoms. The van der Waals surface area contributed by atoms with E-state index in [1.54, 1.807) is 18.3 Å². The molecule has 0 bridgehead atoms. The summed E-state index contributed by atoms with van der Waals surface area (Å²) < 4.78 is 22.5. The van der Waals surface area contributed by atoms with Gasteiger partial charge < -0.3 is 19.5 Å². The minimum atomic E-state index is -0.328. The quantitative estimate of drug-likeness (QED) is 0.322. The van der Waals surface area contributed by atoms with Crippen LogP contribution in [0.4, 0.5) is 16.0 Å². The van der Waals surface area contributed by atoms with Crippen LogP contribution in [0, 0.1) is 5.82 Å². The number of carbonyl (C=O) groups is 1. The lowest BCUT2D eigenvalue weighted by atomic mass is 10.0. The number of anilines is 2. The first-order valence-corrected chi connectivity index (χ1v) is 13.3. The number of imidazole rings is 1. The van der Waals surface area contributed by atoms with Crippen molar-refractivity contribution >= 4 is 28.5 Å². The number of carbonyl (C=O) groups excluding carboxylic acids is 1. The maximum absolute atomic E-state index is 14.5. The predicted octanol–water partition coefficient (Wildman–Crippen LogP) is 5.13. The van der Waals surface area contributed by atoms with E-state index in [2.05, 4.69) is 46.0 Å². The van der Waals surface area contributed by atoms with Crippen LogP contribution in [0.25, 0.3) is 11.0 Å². The summed E-state index contributed by atoms with van der Waals surface area (Å²) in [5.41, 5.74) is 3.72. The van der Waals surface area contributed by atoms with Crippen LogP contribution >= 0.6 is 0 Å². The van der Waals surface area contributed by atoms with Crippen LogP contribution in [0.1, 0.15) is 31.0 Å². The van der Waals surface area contributed by atoms with Crippen molar-refractivity contribution in [3.8, 4) is 11.5 Å². The Hall–Kier alpha value is -3.82. The average molecular weight is 531 g/mol. The van der Waals surface area contributed by atoms with Gasteiger partial charge in [0.1, 0.15) is 17.3 Å². The number of likely N-dealkylation sites (N-methyl/N-ethyl adjacent to an activating group) is 1.